The van der Waals surface area contributed by atoms with Crippen LogP contribution in [0.2, 0.25) is 5.02 Å². The van der Waals surface area contributed by atoms with E-state index in [1.165, 1.54) is 0 Å². The van der Waals surface area contributed by atoms with Gasteiger partial charge in [0.2, 0.25) is 5.91 Å². The molecule has 0 aliphatic rings. The second-order valence-corrected chi connectivity index (χ2v) is 5.13. The Kier molecular flexibility index (Phi) is 4.95. The third-order valence-electron chi connectivity index (χ3n) is 3.13. The van der Waals surface area contributed by atoms with E-state index in [1.54, 1.807) is 12.1 Å². The predicted octanol–water partition coefficient (Wildman–Crippen LogP) is 2.68. The molecule has 0 aliphatic heterocycles. The molecular weight excluding hydrogens is 286 g/mol. The van der Waals surface area contributed by atoms with Crippen molar-refractivity contribution in [2.24, 2.45) is 5.73 Å². The first-order valence-corrected chi connectivity index (χ1v) is 6.88. The molecule has 0 saturated carbocycles. The first-order valence-electron chi connectivity index (χ1n) is 6.50. The third kappa shape index (κ3) is 4.33. The largest absolute Gasteiger partial charge is 0.370 e. The Morgan fingerprint density at radius 1 is 1.14 bits per heavy atom. The first-order chi connectivity index (χ1) is 10.1. The number of halogens is 1. The SMILES string of the molecule is N=C(N)NC(=O)[C@H](Cc1ccc(Cl)cc1)c1ccccc1. The minimum absolute atomic E-state index is 0.288. The summed E-state index contributed by atoms with van der Waals surface area (Å²) < 4.78 is 0. The second kappa shape index (κ2) is 6.90. The minimum atomic E-state index is -0.406. The highest BCUT2D eigenvalue weighted by molar-refractivity contribution is 6.30. The van der Waals surface area contributed by atoms with Gasteiger partial charge in [-0.15, -0.1) is 0 Å². The molecule has 0 radical (unpaired) electrons. The molecule has 0 heterocycles. The average Bonchev–Trinajstić information content (AvgIpc) is 2.46. The third-order valence-corrected chi connectivity index (χ3v) is 3.38. The van der Waals surface area contributed by atoms with Gasteiger partial charge in [0.05, 0.1) is 5.92 Å². The fourth-order valence-corrected chi connectivity index (χ4v) is 2.25. The van der Waals surface area contributed by atoms with Crippen LogP contribution in [0.15, 0.2) is 54.6 Å². The molecule has 2 rings (SSSR count). The van der Waals surface area contributed by atoms with Gasteiger partial charge in [-0.05, 0) is 29.7 Å². The van der Waals surface area contributed by atoms with Gasteiger partial charge >= 0.3 is 0 Å². The van der Waals surface area contributed by atoms with Gasteiger partial charge in [0, 0.05) is 5.02 Å². The van der Waals surface area contributed by atoms with Crippen LogP contribution < -0.4 is 11.1 Å². The number of nitrogens with one attached hydrogen (secondary N) is 2. The van der Waals surface area contributed by atoms with Crippen LogP contribution in [0.3, 0.4) is 0 Å². The number of carbonyl (C=O) groups is 1. The number of guanidine groups is 1. The molecule has 0 unspecified atom stereocenters. The highest BCUT2D eigenvalue weighted by Crippen LogP contribution is 2.22. The number of hydrogen-bond donors (Lipinski definition) is 3. The molecule has 4 N–H and O–H groups in total. The molecule has 1 atom stereocenters. The van der Waals surface area contributed by atoms with Crippen LogP contribution in [-0.2, 0) is 11.2 Å². The monoisotopic (exact) mass is 301 g/mol. The van der Waals surface area contributed by atoms with E-state index >= 15 is 0 Å². The van der Waals surface area contributed by atoms with Gasteiger partial charge in [-0.1, -0.05) is 54.1 Å². The second-order valence-electron chi connectivity index (χ2n) is 4.70. The van der Waals surface area contributed by atoms with Gasteiger partial charge in [0.25, 0.3) is 0 Å². The van der Waals surface area contributed by atoms with E-state index in [0.29, 0.717) is 11.4 Å². The Balaban J connectivity index is 2.25. The van der Waals surface area contributed by atoms with E-state index < -0.39 is 5.92 Å². The summed E-state index contributed by atoms with van der Waals surface area (Å²) in [5.41, 5.74) is 7.13. The van der Waals surface area contributed by atoms with E-state index in [9.17, 15) is 4.79 Å². The molecule has 0 saturated heterocycles. The lowest BCUT2D eigenvalue weighted by atomic mass is 9.91. The van der Waals surface area contributed by atoms with Gasteiger partial charge in [-0.25, -0.2) is 0 Å². The Labute approximate surface area is 128 Å². The van der Waals surface area contributed by atoms with Crippen LogP contribution in [-0.4, -0.2) is 11.9 Å². The average molecular weight is 302 g/mol. The van der Waals surface area contributed by atoms with E-state index in [0.717, 1.165) is 11.1 Å². The number of carbonyl (C=O) groups excluding carboxylic acids is 1. The van der Waals surface area contributed by atoms with E-state index in [4.69, 9.17) is 22.7 Å². The van der Waals surface area contributed by atoms with Gasteiger partial charge in [-0.3, -0.25) is 15.5 Å². The lowest BCUT2D eigenvalue weighted by Gasteiger charge is -2.17. The van der Waals surface area contributed by atoms with Crippen LogP contribution >= 0.6 is 11.6 Å². The molecule has 0 aliphatic carbocycles. The van der Waals surface area contributed by atoms with Crippen LogP contribution in [0, 0.1) is 5.41 Å². The molecule has 108 valence electrons. The highest BCUT2D eigenvalue weighted by Gasteiger charge is 2.21. The minimum Gasteiger partial charge on any atom is -0.370 e. The van der Waals surface area contributed by atoms with Gasteiger partial charge in [0.1, 0.15) is 0 Å². The van der Waals surface area contributed by atoms with Crippen molar-refractivity contribution in [2.45, 2.75) is 12.3 Å². The van der Waals surface area contributed by atoms with Crippen molar-refractivity contribution >= 4 is 23.5 Å². The molecule has 1 amide bonds. The summed E-state index contributed by atoms with van der Waals surface area (Å²) in [7, 11) is 0. The summed E-state index contributed by atoms with van der Waals surface area (Å²) in [6.45, 7) is 0. The highest BCUT2D eigenvalue weighted by atomic mass is 35.5. The summed E-state index contributed by atoms with van der Waals surface area (Å²) in [5, 5.41) is 10.2. The summed E-state index contributed by atoms with van der Waals surface area (Å²) in [4.78, 5) is 12.3. The van der Waals surface area contributed by atoms with Crippen LogP contribution in [0.1, 0.15) is 17.0 Å². The molecule has 0 fully saturated rings. The number of amides is 1. The maximum Gasteiger partial charge on any atom is 0.234 e. The Morgan fingerprint density at radius 3 is 2.33 bits per heavy atom. The van der Waals surface area contributed by atoms with Crippen LogP contribution in [0.4, 0.5) is 0 Å². The number of benzene rings is 2. The van der Waals surface area contributed by atoms with Crippen molar-refractivity contribution in [1.29, 1.82) is 5.41 Å². The number of nitrogens with two attached hydrogens (primary N) is 1. The lowest BCUT2D eigenvalue weighted by molar-refractivity contribution is -0.121. The predicted molar refractivity (Wildman–Crippen MR) is 84.4 cm³/mol. The zero-order valence-corrected chi connectivity index (χ0v) is 12.1. The van der Waals surface area contributed by atoms with Gasteiger partial charge < -0.3 is 5.73 Å². The zero-order valence-electron chi connectivity index (χ0n) is 11.3. The van der Waals surface area contributed by atoms with E-state index in [-0.39, 0.29) is 11.9 Å². The fraction of sp³-hybridized carbons (Fsp3) is 0.125. The molecule has 0 spiro atoms. The quantitative estimate of drug-likeness (QED) is 0.599. The molecule has 0 aromatic heterocycles. The number of rotatable bonds is 4. The maximum atomic E-state index is 12.3. The van der Waals surface area contributed by atoms with E-state index in [1.807, 2.05) is 42.5 Å². The van der Waals surface area contributed by atoms with Crippen molar-refractivity contribution in [2.75, 3.05) is 0 Å². The van der Waals surface area contributed by atoms with Crippen LogP contribution in [0.5, 0.6) is 0 Å². The van der Waals surface area contributed by atoms with Crippen molar-refractivity contribution in [3.63, 3.8) is 0 Å². The summed E-state index contributed by atoms with van der Waals surface area (Å²) in [5.74, 6) is -1.04. The molecular formula is C16H16ClN3O. The first kappa shape index (κ1) is 15.1. The summed E-state index contributed by atoms with van der Waals surface area (Å²) >= 11 is 5.87. The smallest absolute Gasteiger partial charge is 0.234 e. The number of hydrogen-bond acceptors (Lipinski definition) is 2. The lowest BCUT2D eigenvalue weighted by Crippen LogP contribution is -2.39. The van der Waals surface area contributed by atoms with Crippen molar-refractivity contribution < 1.29 is 4.79 Å². The van der Waals surface area contributed by atoms with Crippen molar-refractivity contribution in [1.82, 2.24) is 5.32 Å². The molecule has 2 aromatic rings. The summed E-state index contributed by atoms with van der Waals surface area (Å²) in [6.07, 6.45) is 0.514. The molecule has 4 nitrogen and oxygen atoms in total. The standard InChI is InChI=1S/C16H16ClN3O/c17-13-8-6-11(7-9-13)10-14(15(21)20-16(18)19)12-4-2-1-3-5-12/h1-9,14H,10H2,(H4,18,19,20,21)/t14-/m1/s1. The Bertz CT molecular complexity index is 626. The van der Waals surface area contributed by atoms with Gasteiger partial charge in [0.15, 0.2) is 5.96 Å². The Morgan fingerprint density at radius 2 is 1.76 bits per heavy atom. The van der Waals surface area contributed by atoms with Crippen molar-refractivity contribution in [3.8, 4) is 0 Å². The fourth-order valence-electron chi connectivity index (χ4n) is 2.12. The normalized spacial score (nSPS) is 11.7. The van der Waals surface area contributed by atoms with Crippen molar-refractivity contribution in [3.05, 3.63) is 70.7 Å². The van der Waals surface area contributed by atoms with Gasteiger partial charge in [-0.2, -0.15) is 0 Å². The molecule has 2 aromatic carbocycles. The van der Waals surface area contributed by atoms with E-state index in [2.05, 4.69) is 5.32 Å². The molecule has 0 bridgehead atoms. The summed E-state index contributed by atoms with van der Waals surface area (Å²) in [6, 6.07) is 16.8. The zero-order chi connectivity index (χ0) is 15.2. The Hall–Kier alpha value is -2.33. The van der Waals surface area contributed by atoms with Crippen LogP contribution in [0.25, 0.3) is 0 Å². The topological polar surface area (TPSA) is 79.0 Å². The maximum absolute atomic E-state index is 12.3. The molecule has 21 heavy (non-hydrogen) atoms. The molecule has 5 heteroatoms.